The molecule has 0 rings (SSSR count). The number of ether oxygens (including phenoxy) is 1. The van der Waals surface area contributed by atoms with Crippen molar-refractivity contribution in [2.75, 3.05) is 13.2 Å². The van der Waals surface area contributed by atoms with E-state index in [1.165, 1.54) is 128 Å². The van der Waals surface area contributed by atoms with Crippen LogP contribution in [0.25, 0.3) is 0 Å². The fraction of sp³-hybridized carbons (Fsp3) is 0.804. The van der Waals surface area contributed by atoms with E-state index in [2.05, 4.69) is 60.9 Å². The quantitative estimate of drug-likeness (QED) is 0.0272. The Labute approximate surface area is 367 Å². The van der Waals surface area contributed by atoms with Crippen LogP contribution in [0.15, 0.2) is 36.5 Å². The van der Waals surface area contributed by atoms with Crippen molar-refractivity contribution >= 4 is 23.8 Å². The highest BCUT2D eigenvalue weighted by molar-refractivity contribution is 5.87. The predicted octanol–water partition coefficient (Wildman–Crippen LogP) is 12.9. The van der Waals surface area contributed by atoms with Gasteiger partial charge in [-0.15, -0.1) is 0 Å². The number of allylic oxidation sites excluding steroid dienone is 6. The molecule has 2 unspecified atom stereocenters. The van der Waals surface area contributed by atoms with Gasteiger partial charge in [-0.3, -0.25) is 14.4 Å². The summed E-state index contributed by atoms with van der Waals surface area (Å²) in [4.78, 5) is 47.7. The van der Waals surface area contributed by atoms with Gasteiger partial charge < -0.3 is 25.6 Å². The highest BCUT2D eigenvalue weighted by atomic mass is 16.5. The van der Waals surface area contributed by atoms with Crippen molar-refractivity contribution in [1.29, 1.82) is 0 Å². The maximum atomic E-state index is 12.8. The number of carboxylic acid groups (broad SMARTS) is 1. The summed E-state index contributed by atoms with van der Waals surface area (Å²) in [6.07, 6.45) is 53.2. The van der Waals surface area contributed by atoms with Gasteiger partial charge in [0.05, 0.1) is 13.2 Å². The normalized spacial score (nSPS) is 12.7. The highest BCUT2D eigenvalue weighted by Gasteiger charge is 2.19. The van der Waals surface area contributed by atoms with Crippen LogP contribution in [0, 0.1) is 0 Å². The van der Waals surface area contributed by atoms with Gasteiger partial charge in [0.1, 0.15) is 12.1 Å². The molecule has 0 aromatic rings. The number of aliphatic hydroxyl groups excluding tert-OH is 1. The van der Waals surface area contributed by atoms with Crippen LogP contribution in [-0.4, -0.2) is 59.3 Å². The molecule has 60 heavy (non-hydrogen) atoms. The Morgan fingerprint density at radius 2 is 0.917 bits per heavy atom. The number of carboxylic acids is 1. The number of unbranched alkanes of at least 4 members (excludes halogenated alkanes) is 25. The third kappa shape index (κ3) is 41.8. The van der Waals surface area contributed by atoms with E-state index in [0.29, 0.717) is 12.8 Å². The fourth-order valence-corrected chi connectivity index (χ4v) is 7.28. The van der Waals surface area contributed by atoms with Crippen molar-refractivity contribution in [3.63, 3.8) is 0 Å². The van der Waals surface area contributed by atoms with Crippen LogP contribution >= 0.6 is 0 Å². The number of amides is 2. The monoisotopic (exact) mass is 845 g/mol. The van der Waals surface area contributed by atoms with Gasteiger partial charge in [0.2, 0.25) is 11.8 Å². The maximum Gasteiger partial charge on any atom is 0.328 e. The topological polar surface area (TPSA) is 142 Å². The smallest absolute Gasteiger partial charge is 0.328 e. The molecule has 0 saturated heterocycles. The fourth-order valence-electron chi connectivity index (χ4n) is 7.28. The van der Waals surface area contributed by atoms with Crippen LogP contribution in [0.3, 0.4) is 0 Å². The van der Waals surface area contributed by atoms with E-state index in [9.17, 15) is 19.2 Å². The molecule has 2 atom stereocenters. The summed E-state index contributed by atoms with van der Waals surface area (Å²) < 4.78 is 6.03. The van der Waals surface area contributed by atoms with Crippen molar-refractivity contribution in [2.24, 2.45) is 0 Å². The standard InChI is InChI=1S/C51H92N2O7/c1-3-5-7-9-11-13-15-16-17-18-19-20-21-22-23-24-26-28-30-35-39-43-50(57)60-46(40-36-32-29-27-25-14-12-10-8-6-4-2)41-37-33-31-34-38-42-48(55)52-44-49(56)53-47(45-54)51(58)59/h15-16,18-19,27,29,46-47,54H,3-14,17,20-26,28,30-45H2,1-2H3,(H,52,55)(H,53,56)(H,58,59)/b16-15-,19-18-,29-27-. The molecule has 0 aliphatic heterocycles. The zero-order valence-corrected chi connectivity index (χ0v) is 38.7. The minimum atomic E-state index is -1.38. The molecule has 0 aliphatic rings. The number of hydrogen-bond acceptors (Lipinski definition) is 6. The Balaban J connectivity index is 4.24. The third-order valence-electron chi connectivity index (χ3n) is 11.1. The zero-order valence-electron chi connectivity index (χ0n) is 38.7. The molecule has 0 saturated carbocycles. The molecule has 0 aromatic carbocycles. The van der Waals surface area contributed by atoms with Gasteiger partial charge in [-0.05, 0) is 89.9 Å². The van der Waals surface area contributed by atoms with Crippen LogP contribution in [0.2, 0.25) is 0 Å². The van der Waals surface area contributed by atoms with Crippen LogP contribution in [0.4, 0.5) is 0 Å². The summed E-state index contributed by atoms with van der Waals surface area (Å²) >= 11 is 0. The Morgan fingerprint density at radius 1 is 0.500 bits per heavy atom. The van der Waals surface area contributed by atoms with Gasteiger partial charge in [-0.25, -0.2) is 4.79 Å². The first-order valence-corrected chi connectivity index (χ1v) is 24.9. The number of carbonyl (C=O) groups excluding carboxylic acids is 3. The van der Waals surface area contributed by atoms with E-state index in [1.54, 1.807) is 0 Å². The van der Waals surface area contributed by atoms with Crippen molar-refractivity contribution < 1.29 is 34.1 Å². The summed E-state index contributed by atoms with van der Waals surface area (Å²) in [6.45, 7) is 3.48. The molecule has 9 nitrogen and oxygen atoms in total. The predicted molar refractivity (Wildman–Crippen MR) is 250 cm³/mol. The first kappa shape index (κ1) is 57.1. The molecule has 0 aliphatic carbocycles. The molecule has 0 fully saturated rings. The van der Waals surface area contributed by atoms with E-state index in [4.69, 9.17) is 14.9 Å². The summed E-state index contributed by atoms with van der Waals surface area (Å²) in [5.41, 5.74) is 0. The van der Waals surface area contributed by atoms with E-state index < -0.39 is 24.5 Å². The summed E-state index contributed by atoms with van der Waals surface area (Å²) in [7, 11) is 0. The van der Waals surface area contributed by atoms with Crippen LogP contribution in [0.5, 0.6) is 0 Å². The number of nitrogens with one attached hydrogen (secondary N) is 2. The van der Waals surface area contributed by atoms with Gasteiger partial charge >= 0.3 is 11.9 Å². The average molecular weight is 845 g/mol. The number of aliphatic hydroxyl groups is 1. The van der Waals surface area contributed by atoms with E-state index in [-0.39, 0.29) is 30.9 Å². The number of carbonyl (C=O) groups is 4. The lowest BCUT2D eigenvalue weighted by atomic mass is 10.0. The molecular formula is C51H92N2O7. The molecule has 0 spiro atoms. The second-order valence-electron chi connectivity index (χ2n) is 16.9. The Hall–Kier alpha value is -2.94. The average Bonchev–Trinajstić information content (AvgIpc) is 3.23. The zero-order chi connectivity index (χ0) is 44.0. The third-order valence-corrected chi connectivity index (χ3v) is 11.1. The van der Waals surface area contributed by atoms with Crippen molar-refractivity contribution in [3.05, 3.63) is 36.5 Å². The second kappa shape index (κ2) is 45.6. The maximum absolute atomic E-state index is 12.8. The number of rotatable bonds is 45. The lowest BCUT2D eigenvalue weighted by Crippen LogP contribution is -2.47. The minimum Gasteiger partial charge on any atom is -0.480 e. The summed E-state index contributed by atoms with van der Waals surface area (Å²) in [5, 5.41) is 22.6. The second-order valence-corrected chi connectivity index (χ2v) is 16.9. The number of esters is 1. The van der Waals surface area contributed by atoms with Crippen molar-refractivity contribution in [2.45, 2.75) is 251 Å². The van der Waals surface area contributed by atoms with Crippen LogP contribution < -0.4 is 10.6 Å². The van der Waals surface area contributed by atoms with Gasteiger partial charge in [-0.1, -0.05) is 172 Å². The van der Waals surface area contributed by atoms with Crippen LogP contribution in [0.1, 0.15) is 239 Å². The van der Waals surface area contributed by atoms with Gasteiger partial charge in [0.25, 0.3) is 0 Å². The lowest BCUT2D eigenvalue weighted by molar-refractivity contribution is -0.150. The molecule has 0 bridgehead atoms. The van der Waals surface area contributed by atoms with E-state index in [1.807, 2.05) is 0 Å². The van der Waals surface area contributed by atoms with Crippen molar-refractivity contribution in [1.82, 2.24) is 10.6 Å². The highest BCUT2D eigenvalue weighted by Crippen LogP contribution is 2.18. The Kier molecular flexibility index (Phi) is 43.4. The van der Waals surface area contributed by atoms with E-state index in [0.717, 1.165) is 77.0 Å². The Bertz CT molecular complexity index is 1110. The molecule has 2 amide bonds. The van der Waals surface area contributed by atoms with E-state index >= 15 is 0 Å². The first-order valence-electron chi connectivity index (χ1n) is 24.9. The SMILES string of the molecule is CCCCCCC/C=C\C/C=C\CCCCCCCCCCCC(=O)OC(CCC/C=C\CCCCCCCC)CCCCCCCC(=O)NCC(=O)NC(CO)C(=O)O. The summed E-state index contributed by atoms with van der Waals surface area (Å²) in [6, 6.07) is -1.38. The lowest BCUT2D eigenvalue weighted by Gasteiger charge is -2.18. The molecule has 348 valence electrons. The summed E-state index contributed by atoms with van der Waals surface area (Å²) in [5.74, 6) is -2.31. The molecule has 0 heterocycles. The molecule has 9 heteroatoms. The molecular weight excluding hydrogens is 753 g/mol. The van der Waals surface area contributed by atoms with Crippen LogP contribution in [-0.2, 0) is 23.9 Å². The van der Waals surface area contributed by atoms with Gasteiger partial charge in [-0.2, -0.15) is 0 Å². The van der Waals surface area contributed by atoms with Gasteiger partial charge in [0.15, 0.2) is 0 Å². The minimum absolute atomic E-state index is 0.0461. The Morgan fingerprint density at radius 3 is 1.42 bits per heavy atom. The molecule has 0 radical (unpaired) electrons. The largest absolute Gasteiger partial charge is 0.480 e. The molecule has 0 aromatic heterocycles. The number of aliphatic carboxylic acids is 1. The van der Waals surface area contributed by atoms with Crippen molar-refractivity contribution in [3.8, 4) is 0 Å². The van der Waals surface area contributed by atoms with Gasteiger partial charge in [0, 0.05) is 12.8 Å². The number of hydrogen-bond donors (Lipinski definition) is 4. The molecule has 4 N–H and O–H groups in total. The first-order chi connectivity index (χ1) is 29.3.